The molecular formula is C14H17Cl2NO3. The molecule has 0 bridgehead atoms. The van der Waals surface area contributed by atoms with Crippen LogP contribution in [-0.4, -0.2) is 38.4 Å². The number of carbonyl (C=O) groups excluding carboxylic acids is 1. The van der Waals surface area contributed by atoms with Crippen LogP contribution in [0, 0.1) is 0 Å². The van der Waals surface area contributed by atoms with E-state index in [9.17, 15) is 4.79 Å². The normalized spacial score (nSPS) is 23.1. The molecule has 0 spiro atoms. The summed E-state index contributed by atoms with van der Waals surface area (Å²) < 4.78 is 10.7. The number of ether oxygens (including phenoxy) is 2. The van der Waals surface area contributed by atoms with Gasteiger partial charge in [0.1, 0.15) is 6.04 Å². The predicted octanol–water partition coefficient (Wildman–Crippen LogP) is 2.63. The summed E-state index contributed by atoms with van der Waals surface area (Å²) in [6, 6.07) is 4.93. The van der Waals surface area contributed by atoms with E-state index in [1.54, 1.807) is 19.1 Å². The lowest BCUT2D eigenvalue weighted by atomic mass is 9.92. The van der Waals surface area contributed by atoms with Crippen LogP contribution < -0.4 is 5.32 Å². The summed E-state index contributed by atoms with van der Waals surface area (Å²) in [4.78, 5) is 12.1. The molecular weight excluding hydrogens is 301 g/mol. The summed E-state index contributed by atoms with van der Waals surface area (Å²) in [5.74, 6) is -0.416. The van der Waals surface area contributed by atoms with E-state index in [0.717, 1.165) is 5.56 Å². The summed E-state index contributed by atoms with van der Waals surface area (Å²) in [7, 11) is 0. The molecule has 1 saturated heterocycles. The van der Waals surface area contributed by atoms with E-state index in [2.05, 4.69) is 5.32 Å². The van der Waals surface area contributed by atoms with E-state index in [-0.39, 0.29) is 11.9 Å². The number of nitrogens with one attached hydrogen (secondary N) is 1. The van der Waals surface area contributed by atoms with Crippen molar-refractivity contribution in [2.45, 2.75) is 18.9 Å². The molecule has 0 aromatic heterocycles. The van der Waals surface area contributed by atoms with Gasteiger partial charge in [-0.3, -0.25) is 4.79 Å². The zero-order chi connectivity index (χ0) is 14.5. The fourth-order valence-corrected chi connectivity index (χ4v) is 2.55. The minimum Gasteiger partial charge on any atom is -0.465 e. The number of halogens is 2. The topological polar surface area (TPSA) is 47.6 Å². The molecule has 2 rings (SSSR count). The van der Waals surface area contributed by atoms with Crippen molar-refractivity contribution >= 4 is 29.2 Å². The summed E-state index contributed by atoms with van der Waals surface area (Å²) >= 11 is 12.0. The largest absolute Gasteiger partial charge is 0.465 e. The van der Waals surface area contributed by atoms with Crippen LogP contribution >= 0.6 is 23.2 Å². The molecule has 20 heavy (non-hydrogen) atoms. The van der Waals surface area contributed by atoms with Crippen molar-refractivity contribution in [1.82, 2.24) is 5.32 Å². The Morgan fingerprint density at radius 2 is 2.25 bits per heavy atom. The number of rotatable bonds is 3. The molecule has 1 aromatic carbocycles. The Morgan fingerprint density at radius 1 is 1.45 bits per heavy atom. The van der Waals surface area contributed by atoms with E-state index in [4.69, 9.17) is 32.7 Å². The number of benzene rings is 1. The first-order valence-corrected chi connectivity index (χ1v) is 7.31. The molecule has 1 heterocycles. The molecule has 1 N–H and O–H groups in total. The van der Waals surface area contributed by atoms with Gasteiger partial charge in [0.2, 0.25) is 0 Å². The SMILES string of the molecule is CCOC(=O)[C@@H]1NCCOC[C@@H]1c1ccc(Cl)c(Cl)c1. The van der Waals surface area contributed by atoms with Crippen LogP contribution in [-0.2, 0) is 14.3 Å². The standard InChI is InChI=1S/C14H17Cl2NO3/c1-2-20-14(18)13-10(8-19-6-5-17-13)9-3-4-11(15)12(16)7-9/h3-4,7,10,13,17H,2,5-6,8H2,1H3/t10-,13-/m1/s1. The van der Waals surface area contributed by atoms with Gasteiger partial charge < -0.3 is 14.8 Å². The summed E-state index contributed by atoms with van der Waals surface area (Å²) in [5.41, 5.74) is 0.909. The number of esters is 1. The first kappa shape index (κ1) is 15.6. The lowest BCUT2D eigenvalue weighted by Gasteiger charge is -2.24. The minimum absolute atomic E-state index is 0.147. The predicted molar refractivity (Wildman–Crippen MR) is 78.4 cm³/mol. The van der Waals surface area contributed by atoms with Crippen molar-refractivity contribution in [3.05, 3.63) is 33.8 Å². The average molecular weight is 318 g/mol. The highest BCUT2D eigenvalue weighted by Gasteiger charge is 2.32. The van der Waals surface area contributed by atoms with Gasteiger partial charge in [0.15, 0.2) is 0 Å². The van der Waals surface area contributed by atoms with Crippen molar-refractivity contribution in [3.8, 4) is 0 Å². The molecule has 1 fully saturated rings. The van der Waals surface area contributed by atoms with Crippen LogP contribution in [0.15, 0.2) is 18.2 Å². The Hall–Kier alpha value is -0.810. The monoisotopic (exact) mass is 317 g/mol. The maximum absolute atomic E-state index is 12.1. The lowest BCUT2D eigenvalue weighted by Crippen LogP contribution is -2.43. The highest BCUT2D eigenvalue weighted by atomic mass is 35.5. The fraction of sp³-hybridized carbons (Fsp3) is 0.500. The second-order valence-corrected chi connectivity index (χ2v) is 5.35. The van der Waals surface area contributed by atoms with Crippen LogP contribution in [0.25, 0.3) is 0 Å². The first-order valence-electron chi connectivity index (χ1n) is 6.56. The van der Waals surface area contributed by atoms with Gasteiger partial charge in [0, 0.05) is 12.5 Å². The molecule has 0 saturated carbocycles. The van der Waals surface area contributed by atoms with Crippen LogP contribution in [0.1, 0.15) is 18.4 Å². The third kappa shape index (κ3) is 3.64. The lowest BCUT2D eigenvalue weighted by molar-refractivity contribution is -0.146. The summed E-state index contributed by atoms with van der Waals surface area (Å²) in [5, 5.41) is 4.13. The van der Waals surface area contributed by atoms with Crippen molar-refractivity contribution in [3.63, 3.8) is 0 Å². The third-order valence-electron chi connectivity index (χ3n) is 3.22. The van der Waals surface area contributed by atoms with Crippen LogP contribution in [0.5, 0.6) is 0 Å². The zero-order valence-corrected chi connectivity index (χ0v) is 12.7. The van der Waals surface area contributed by atoms with Gasteiger partial charge >= 0.3 is 5.97 Å². The second kappa shape index (κ2) is 7.27. The smallest absolute Gasteiger partial charge is 0.323 e. The summed E-state index contributed by atoms with van der Waals surface area (Å²) in [6.45, 7) is 3.76. The zero-order valence-electron chi connectivity index (χ0n) is 11.2. The quantitative estimate of drug-likeness (QED) is 0.871. The molecule has 6 heteroatoms. The molecule has 0 radical (unpaired) electrons. The van der Waals surface area contributed by atoms with Crippen molar-refractivity contribution < 1.29 is 14.3 Å². The van der Waals surface area contributed by atoms with E-state index in [1.165, 1.54) is 0 Å². The Labute approximate surface area is 128 Å². The second-order valence-electron chi connectivity index (χ2n) is 4.54. The van der Waals surface area contributed by atoms with Gasteiger partial charge in [-0.15, -0.1) is 0 Å². The van der Waals surface area contributed by atoms with Gasteiger partial charge in [-0.1, -0.05) is 29.3 Å². The van der Waals surface area contributed by atoms with Gasteiger partial charge in [-0.05, 0) is 24.6 Å². The first-order chi connectivity index (χ1) is 9.63. The van der Waals surface area contributed by atoms with Gasteiger partial charge in [-0.2, -0.15) is 0 Å². The van der Waals surface area contributed by atoms with Crippen molar-refractivity contribution in [2.75, 3.05) is 26.4 Å². The van der Waals surface area contributed by atoms with E-state index >= 15 is 0 Å². The minimum atomic E-state index is -0.435. The van der Waals surface area contributed by atoms with Crippen molar-refractivity contribution in [1.29, 1.82) is 0 Å². The Kier molecular flexibility index (Phi) is 5.66. The molecule has 0 aliphatic carbocycles. The maximum Gasteiger partial charge on any atom is 0.323 e. The average Bonchev–Trinajstić information content (AvgIpc) is 2.68. The van der Waals surface area contributed by atoms with Crippen molar-refractivity contribution in [2.24, 2.45) is 0 Å². The number of hydrogen-bond acceptors (Lipinski definition) is 4. The van der Waals surface area contributed by atoms with Gasteiger partial charge in [-0.25, -0.2) is 0 Å². The highest BCUT2D eigenvalue weighted by molar-refractivity contribution is 6.42. The Morgan fingerprint density at radius 3 is 2.95 bits per heavy atom. The molecule has 0 amide bonds. The molecule has 4 nitrogen and oxygen atoms in total. The molecule has 110 valence electrons. The van der Waals surface area contributed by atoms with E-state index in [1.807, 2.05) is 6.07 Å². The highest BCUT2D eigenvalue weighted by Crippen LogP contribution is 2.29. The fourth-order valence-electron chi connectivity index (χ4n) is 2.25. The van der Waals surface area contributed by atoms with E-state index in [0.29, 0.717) is 36.4 Å². The van der Waals surface area contributed by atoms with Gasteiger partial charge in [0.25, 0.3) is 0 Å². The molecule has 1 aromatic rings. The third-order valence-corrected chi connectivity index (χ3v) is 3.96. The number of carbonyl (C=O) groups is 1. The van der Waals surface area contributed by atoms with E-state index < -0.39 is 6.04 Å². The van der Waals surface area contributed by atoms with Crippen LogP contribution in [0.3, 0.4) is 0 Å². The Bertz CT molecular complexity index is 481. The van der Waals surface area contributed by atoms with Crippen LogP contribution in [0.2, 0.25) is 10.0 Å². The maximum atomic E-state index is 12.1. The molecule has 1 aliphatic rings. The van der Waals surface area contributed by atoms with Gasteiger partial charge in [0.05, 0.1) is 29.9 Å². The molecule has 2 atom stereocenters. The summed E-state index contributed by atoms with van der Waals surface area (Å²) in [6.07, 6.45) is 0. The number of hydrogen-bond donors (Lipinski definition) is 1. The van der Waals surface area contributed by atoms with Crippen LogP contribution in [0.4, 0.5) is 0 Å². The Balaban J connectivity index is 2.27. The molecule has 0 unspecified atom stereocenters. The molecule has 1 aliphatic heterocycles.